The molecule has 1 aliphatic carbocycles. The number of nitrogens with zero attached hydrogens (tertiary/aromatic N) is 4. The van der Waals surface area contributed by atoms with Crippen LogP contribution in [0, 0.1) is 0 Å². The molecule has 3 heterocycles. The maximum Gasteiger partial charge on any atom is 0.412 e. The lowest BCUT2D eigenvalue weighted by atomic mass is 9.79. The fourth-order valence-corrected chi connectivity index (χ4v) is 4.52. The van der Waals surface area contributed by atoms with E-state index < -0.39 is 17.9 Å². The van der Waals surface area contributed by atoms with Gasteiger partial charge in [-0.25, -0.2) is 9.78 Å². The van der Waals surface area contributed by atoms with E-state index in [1.807, 2.05) is 26.8 Å². The molecule has 0 aromatic carbocycles. The predicted molar refractivity (Wildman–Crippen MR) is 101 cm³/mol. The van der Waals surface area contributed by atoms with Crippen molar-refractivity contribution in [3.8, 4) is 0 Å². The highest BCUT2D eigenvalue weighted by atomic mass is 35.5. The summed E-state index contributed by atoms with van der Waals surface area (Å²) < 4.78 is 7.66. The number of carbonyl (C=O) groups is 1. The third-order valence-corrected chi connectivity index (χ3v) is 5.63. The van der Waals surface area contributed by atoms with Gasteiger partial charge in [0.1, 0.15) is 11.2 Å². The maximum atomic E-state index is 12.8. The highest BCUT2D eigenvalue weighted by Gasteiger charge is 2.47. The summed E-state index contributed by atoms with van der Waals surface area (Å²) in [5.41, 5.74) is 0.415. The average Bonchev–Trinajstić information content (AvgIpc) is 2.97. The molecule has 1 atom stereocenters. The minimum atomic E-state index is -1.10. The number of ether oxygens (including phenoxy) is 1. The number of carbonyl (C=O) groups excluding carboxylic acids is 1. The molecule has 146 valence electrons. The molecule has 2 aromatic heterocycles. The van der Waals surface area contributed by atoms with Crippen LogP contribution in [0.3, 0.4) is 0 Å². The van der Waals surface area contributed by atoms with Gasteiger partial charge < -0.3 is 14.4 Å². The Morgan fingerprint density at radius 1 is 1.33 bits per heavy atom. The van der Waals surface area contributed by atoms with Gasteiger partial charge in [-0.15, -0.1) is 0 Å². The van der Waals surface area contributed by atoms with Gasteiger partial charge in [0.05, 0.1) is 17.8 Å². The van der Waals surface area contributed by atoms with Crippen LogP contribution >= 0.6 is 11.6 Å². The highest BCUT2D eigenvalue weighted by Crippen LogP contribution is 2.45. The molecule has 1 fully saturated rings. The zero-order valence-corrected chi connectivity index (χ0v) is 16.7. The fourth-order valence-electron chi connectivity index (χ4n) is 4.39. The van der Waals surface area contributed by atoms with E-state index in [1.165, 1.54) is 11.3 Å². The smallest absolute Gasteiger partial charge is 0.412 e. The fraction of sp³-hybridized carbons (Fsp3) is 0.632. The zero-order valence-electron chi connectivity index (χ0n) is 15.9. The van der Waals surface area contributed by atoms with Gasteiger partial charge in [0.15, 0.2) is 6.23 Å². The Morgan fingerprint density at radius 2 is 2.04 bits per heavy atom. The molecule has 27 heavy (non-hydrogen) atoms. The van der Waals surface area contributed by atoms with Crippen LogP contribution in [0.4, 0.5) is 4.79 Å². The summed E-state index contributed by atoms with van der Waals surface area (Å²) in [6.07, 6.45) is 5.19. The van der Waals surface area contributed by atoms with Crippen molar-refractivity contribution in [3.05, 3.63) is 23.2 Å². The van der Waals surface area contributed by atoms with Gasteiger partial charge in [0.2, 0.25) is 5.28 Å². The number of halogens is 1. The second-order valence-corrected chi connectivity index (χ2v) is 8.93. The molecule has 0 radical (unpaired) electrons. The Morgan fingerprint density at radius 3 is 2.70 bits per heavy atom. The molecular formula is C19H25ClN4O3. The number of hydrogen-bond acceptors (Lipinski definition) is 5. The van der Waals surface area contributed by atoms with Crippen LogP contribution in [0.5, 0.6) is 0 Å². The number of rotatable bonds is 0. The normalized spacial score (nSPS) is 22.1. The zero-order chi connectivity index (χ0) is 19.4. The van der Waals surface area contributed by atoms with E-state index >= 15 is 0 Å². The van der Waals surface area contributed by atoms with Crippen molar-refractivity contribution in [1.82, 2.24) is 19.4 Å². The monoisotopic (exact) mass is 392 g/mol. The van der Waals surface area contributed by atoms with Gasteiger partial charge >= 0.3 is 6.09 Å². The van der Waals surface area contributed by atoms with E-state index in [0.717, 1.165) is 36.7 Å². The second kappa shape index (κ2) is 6.34. The molecule has 8 heteroatoms. The van der Waals surface area contributed by atoms with E-state index in [4.69, 9.17) is 16.3 Å². The molecular weight excluding hydrogens is 368 g/mol. The third-order valence-electron chi connectivity index (χ3n) is 5.45. The van der Waals surface area contributed by atoms with E-state index in [9.17, 15) is 9.90 Å². The summed E-state index contributed by atoms with van der Waals surface area (Å²) in [6.45, 7) is 5.87. The van der Waals surface area contributed by atoms with Crippen LogP contribution in [-0.2, 0) is 10.3 Å². The van der Waals surface area contributed by atoms with Gasteiger partial charge in [-0.05, 0) is 51.3 Å². The second-order valence-electron chi connectivity index (χ2n) is 8.59. The lowest BCUT2D eigenvalue weighted by Gasteiger charge is -2.48. The highest BCUT2D eigenvalue weighted by molar-refractivity contribution is 6.28. The standard InChI is InChI=1S/C19H25ClN4O3/c1-18(2,3)27-17(26)23-11-19(7-5-4-6-8-19)24-13(15(23)25)9-12-10-21-16(20)22-14(12)24/h9-10,15,25H,4-8,11H2,1-3H3. The molecule has 1 aliphatic heterocycles. The summed E-state index contributed by atoms with van der Waals surface area (Å²) >= 11 is 6.05. The molecule has 1 spiro atoms. The predicted octanol–water partition coefficient (Wildman–Crippen LogP) is 3.99. The summed E-state index contributed by atoms with van der Waals surface area (Å²) in [5.74, 6) is 0. The first-order valence-corrected chi connectivity index (χ1v) is 9.80. The molecule has 4 rings (SSSR count). The van der Waals surface area contributed by atoms with E-state index in [-0.39, 0.29) is 10.8 Å². The first-order chi connectivity index (χ1) is 12.7. The Bertz CT molecular complexity index is 883. The molecule has 1 saturated carbocycles. The third kappa shape index (κ3) is 3.17. The van der Waals surface area contributed by atoms with Crippen molar-refractivity contribution < 1.29 is 14.6 Å². The molecule has 0 bridgehead atoms. The molecule has 7 nitrogen and oxygen atoms in total. The molecule has 2 aliphatic rings. The van der Waals surface area contributed by atoms with E-state index in [1.54, 1.807) is 6.20 Å². The lowest BCUT2D eigenvalue weighted by Crippen LogP contribution is -2.55. The van der Waals surface area contributed by atoms with Crippen molar-refractivity contribution >= 4 is 28.7 Å². The quantitative estimate of drug-likeness (QED) is 0.685. The van der Waals surface area contributed by atoms with Crippen molar-refractivity contribution in [1.29, 1.82) is 0 Å². The van der Waals surface area contributed by atoms with Crippen molar-refractivity contribution in [2.75, 3.05) is 6.54 Å². The summed E-state index contributed by atoms with van der Waals surface area (Å²) in [5, 5.41) is 12.0. The molecule has 1 unspecified atom stereocenters. The molecule has 1 N–H and O–H groups in total. The number of hydrogen-bond donors (Lipinski definition) is 1. The SMILES string of the molecule is CC(C)(C)OC(=O)N1CC2(CCCCC2)n2c(cc3cnc(Cl)nc32)C1O. The van der Waals surface area contributed by atoms with E-state index in [2.05, 4.69) is 14.5 Å². The van der Waals surface area contributed by atoms with Crippen LogP contribution in [0.25, 0.3) is 11.0 Å². The minimum Gasteiger partial charge on any atom is -0.444 e. The van der Waals surface area contributed by atoms with Crippen molar-refractivity contribution in [3.63, 3.8) is 0 Å². The van der Waals surface area contributed by atoms with Crippen LogP contribution in [0.15, 0.2) is 12.3 Å². The number of aliphatic hydroxyl groups excluding tert-OH is 1. The Hall–Kier alpha value is -1.86. The lowest BCUT2D eigenvalue weighted by molar-refractivity contribution is -0.0709. The number of aromatic nitrogens is 3. The Balaban J connectivity index is 1.85. The number of amides is 1. The van der Waals surface area contributed by atoms with Gasteiger partial charge in [0.25, 0.3) is 0 Å². The van der Waals surface area contributed by atoms with Crippen LogP contribution < -0.4 is 0 Å². The number of aliphatic hydroxyl groups is 1. The first kappa shape index (κ1) is 18.5. The largest absolute Gasteiger partial charge is 0.444 e. The minimum absolute atomic E-state index is 0.179. The van der Waals surface area contributed by atoms with Crippen molar-refractivity contribution in [2.24, 2.45) is 0 Å². The van der Waals surface area contributed by atoms with Crippen molar-refractivity contribution in [2.45, 2.75) is 70.2 Å². The van der Waals surface area contributed by atoms with Gasteiger partial charge in [-0.2, -0.15) is 4.98 Å². The van der Waals surface area contributed by atoms with Gasteiger partial charge in [0, 0.05) is 11.6 Å². The van der Waals surface area contributed by atoms with Gasteiger partial charge in [-0.1, -0.05) is 19.3 Å². The number of fused-ring (bicyclic) bond motifs is 4. The maximum absolute atomic E-state index is 12.8. The van der Waals surface area contributed by atoms with Crippen LogP contribution in [-0.4, -0.2) is 42.8 Å². The average molecular weight is 393 g/mol. The molecule has 1 amide bonds. The summed E-state index contributed by atoms with van der Waals surface area (Å²) in [7, 11) is 0. The topological polar surface area (TPSA) is 80.5 Å². The molecule has 2 aromatic rings. The summed E-state index contributed by atoms with van der Waals surface area (Å²) in [6, 6.07) is 1.85. The van der Waals surface area contributed by atoms with Crippen LogP contribution in [0.1, 0.15) is 64.8 Å². The van der Waals surface area contributed by atoms with Crippen LogP contribution in [0.2, 0.25) is 5.28 Å². The Kier molecular flexibility index (Phi) is 4.35. The first-order valence-electron chi connectivity index (χ1n) is 9.42. The Labute approximate surface area is 163 Å². The summed E-state index contributed by atoms with van der Waals surface area (Å²) in [4.78, 5) is 22.8. The van der Waals surface area contributed by atoms with E-state index in [0.29, 0.717) is 12.2 Å². The van der Waals surface area contributed by atoms with Gasteiger partial charge in [-0.3, -0.25) is 4.90 Å². The molecule has 0 saturated heterocycles.